The van der Waals surface area contributed by atoms with E-state index in [1.165, 1.54) is 0 Å². The lowest BCUT2D eigenvalue weighted by Gasteiger charge is -2.04. The fraction of sp³-hybridized carbons (Fsp3) is 0.273. The van der Waals surface area contributed by atoms with Crippen molar-refractivity contribution in [2.24, 2.45) is 5.10 Å². The Bertz CT molecular complexity index is 493. The lowest BCUT2D eigenvalue weighted by molar-refractivity contribution is 0.174. The predicted octanol–water partition coefficient (Wildman–Crippen LogP) is 1.89. The van der Waals surface area contributed by atoms with Crippen LogP contribution >= 0.6 is 23.8 Å². The van der Waals surface area contributed by atoms with Gasteiger partial charge in [-0.1, -0.05) is 11.6 Å². The standard InChI is InChI=1S/C11H12ClN3O2S/c1-2-13-11(18)15-14-5-7-3-9-10(4-8(7)12)17-6-16-9/h3-5H,2,6H2,1H3,(H2,13,15,18). The van der Waals surface area contributed by atoms with Crippen LogP contribution in [0.5, 0.6) is 11.5 Å². The van der Waals surface area contributed by atoms with Crippen LogP contribution in [0.4, 0.5) is 0 Å². The molecule has 1 aliphatic heterocycles. The molecular formula is C11H12ClN3O2S. The van der Waals surface area contributed by atoms with Crippen LogP contribution in [-0.4, -0.2) is 24.7 Å². The Hall–Kier alpha value is -1.53. The molecule has 0 saturated heterocycles. The zero-order valence-electron chi connectivity index (χ0n) is 9.70. The molecule has 0 atom stereocenters. The highest BCUT2D eigenvalue weighted by atomic mass is 35.5. The van der Waals surface area contributed by atoms with Crippen molar-refractivity contribution in [3.8, 4) is 11.5 Å². The molecule has 5 nitrogen and oxygen atoms in total. The average Bonchev–Trinajstić information content (AvgIpc) is 2.76. The van der Waals surface area contributed by atoms with Gasteiger partial charge in [0.15, 0.2) is 16.6 Å². The van der Waals surface area contributed by atoms with Gasteiger partial charge in [0, 0.05) is 18.2 Å². The molecule has 1 aromatic rings. The van der Waals surface area contributed by atoms with Crippen molar-refractivity contribution >= 4 is 35.1 Å². The summed E-state index contributed by atoms with van der Waals surface area (Å²) in [5, 5.41) is 7.91. The highest BCUT2D eigenvalue weighted by molar-refractivity contribution is 7.80. The minimum absolute atomic E-state index is 0.217. The van der Waals surface area contributed by atoms with E-state index in [1.54, 1.807) is 18.3 Å². The number of nitrogens with zero attached hydrogens (tertiary/aromatic N) is 1. The van der Waals surface area contributed by atoms with Crippen molar-refractivity contribution in [3.63, 3.8) is 0 Å². The van der Waals surface area contributed by atoms with Gasteiger partial charge in [-0.15, -0.1) is 0 Å². The number of thiocarbonyl (C=S) groups is 1. The van der Waals surface area contributed by atoms with E-state index in [4.69, 9.17) is 33.3 Å². The van der Waals surface area contributed by atoms with Gasteiger partial charge in [0.1, 0.15) is 0 Å². The number of rotatable bonds is 3. The minimum atomic E-state index is 0.217. The van der Waals surface area contributed by atoms with E-state index in [9.17, 15) is 0 Å². The zero-order valence-corrected chi connectivity index (χ0v) is 11.3. The van der Waals surface area contributed by atoms with Gasteiger partial charge in [-0.05, 0) is 25.2 Å². The first-order chi connectivity index (χ1) is 8.70. The summed E-state index contributed by atoms with van der Waals surface area (Å²) in [6.45, 7) is 2.91. The van der Waals surface area contributed by atoms with E-state index < -0.39 is 0 Å². The molecule has 96 valence electrons. The van der Waals surface area contributed by atoms with Crippen LogP contribution in [0.25, 0.3) is 0 Å². The summed E-state index contributed by atoms with van der Waals surface area (Å²) >= 11 is 11.0. The molecule has 0 radical (unpaired) electrons. The van der Waals surface area contributed by atoms with E-state index in [1.807, 2.05) is 6.92 Å². The van der Waals surface area contributed by atoms with Gasteiger partial charge < -0.3 is 14.8 Å². The van der Waals surface area contributed by atoms with Crippen LogP contribution in [0.2, 0.25) is 5.02 Å². The topological polar surface area (TPSA) is 54.9 Å². The van der Waals surface area contributed by atoms with Gasteiger partial charge >= 0.3 is 0 Å². The van der Waals surface area contributed by atoms with Gasteiger partial charge in [0.2, 0.25) is 6.79 Å². The predicted molar refractivity (Wildman–Crippen MR) is 74.6 cm³/mol. The smallest absolute Gasteiger partial charge is 0.231 e. The Balaban J connectivity index is 2.05. The maximum Gasteiger partial charge on any atom is 0.231 e. The number of halogens is 1. The number of benzene rings is 1. The van der Waals surface area contributed by atoms with E-state index in [-0.39, 0.29) is 6.79 Å². The van der Waals surface area contributed by atoms with Crippen LogP contribution in [0.15, 0.2) is 17.2 Å². The molecule has 0 unspecified atom stereocenters. The fourth-order valence-electron chi connectivity index (χ4n) is 1.39. The number of hydrogen-bond acceptors (Lipinski definition) is 4. The molecule has 1 aliphatic rings. The number of nitrogens with one attached hydrogen (secondary N) is 2. The van der Waals surface area contributed by atoms with Gasteiger partial charge in [-0.25, -0.2) is 0 Å². The Morgan fingerprint density at radius 3 is 2.94 bits per heavy atom. The first-order valence-corrected chi connectivity index (χ1v) is 6.15. The SMILES string of the molecule is CCNC(=S)NN=Cc1cc2c(cc1Cl)OCO2. The van der Waals surface area contributed by atoms with Crippen LogP contribution in [0.1, 0.15) is 12.5 Å². The second kappa shape index (κ2) is 5.88. The molecule has 0 aromatic heterocycles. The normalized spacial score (nSPS) is 12.8. The highest BCUT2D eigenvalue weighted by Crippen LogP contribution is 2.36. The summed E-state index contributed by atoms with van der Waals surface area (Å²) < 4.78 is 10.5. The molecule has 7 heteroatoms. The fourth-order valence-corrected chi connectivity index (χ4v) is 1.79. The van der Waals surface area contributed by atoms with Crippen molar-refractivity contribution in [1.82, 2.24) is 10.7 Å². The molecule has 2 N–H and O–H groups in total. The number of fused-ring (bicyclic) bond motifs is 1. The van der Waals surface area contributed by atoms with E-state index >= 15 is 0 Å². The number of hydrazone groups is 1. The average molecular weight is 286 g/mol. The third-order valence-corrected chi connectivity index (χ3v) is 2.76. The second-order valence-corrected chi connectivity index (χ2v) is 4.27. The molecule has 1 heterocycles. The number of ether oxygens (including phenoxy) is 2. The Morgan fingerprint density at radius 1 is 1.50 bits per heavy atom. The largest absolute Gasteiger partial charge is 0.454 e. The van der Waals surface area contributed by atoms with Crippen molar-refractivity contribution in [1.29, 1.82) is 0 Å². The number of hydrogen-bond donors (Lipinski definition) is 2. The summed E-state index contributed by atoms with van der Waals surface area (Å²) in [5.74, 6) is 1.31. The molecule has 2 rings (SSSR count). The molecule has 0 fully saturated rings. The molecule has 0 amide bonds. The first kappa shape index (κ1) is 12.9. The van der Waals surface area contributed by atoms with Crippen LogP contribution < -0.4 is 20.2 Å². The van der Waals surface area contributed by atoms with Gasteiger partial charge in [-0.2, -0.15) is 5.10 Å². The van der Waals surface area contributed by atoms with E-state index in [2.05, 4.69) is 15.8 Å². The molecule has 0 saturated carbocycles. The van der Waals surface area contributed by atoms with Gasteiger partial charge in [0.25, 0.3) is 0 Å². The van der Waals surface area contributed by atoms with Crippen molar-refractivity contribution in [2.75, 3.05) is 13.3 Å². The molecule has 0 aliphatic carbocycles. The summed E-state index contributed by atoms with van der Waals surface area (Å²) in [7, 11) is 0. The molecule has 18 heavy (non-hydrogen) atoms. The van der Waals surface area contributed by atoms with Crippen LogP contribution in [0.3, 0.4) is 0 Å². The minimum Gasteiger partial charge on any atom is -0.454 e. The molecular weight excluding hydrogens is 274 g/mol. The lowest BCUT2D eigenvalue weighted by atomic mass is 10.2. The Kier molecular flexibility index (Phi) is 4.22. The van der Waals surface area contributed by atoms with Gasteiger partial charge in [-0.3, -0.25) is 5.43 Å². The lowest BCUT2D eigenvalue weighted by Crippen LogP contribution is -2.31. The molecule has 0 spiro atoms. The van der Waals surface area contributed by atoms with Crippen LogP contribution in [-0.2, 0) is 0 Å². The van der Waals surface area contributed by atoms with E-state index in [0.29, 0.717) is 21.6 Å². The van der Waals surface area contributed by atoms with Crippen molar-refractivity contribution in [3.05, 3.63) is 22.7 Å². The quantitative estimate of drug-likeness (QED) is 0.505. The van der Waals surface area contributed by atoms with Gasteiger partial charge in [0.05, 0.1) is 11.2 Å². The van der Waals surface area contributed by atoms with Crippen LogP contribution in [0, 0.1) is 0 Å². The molecule has 0 bridgehead atoms. The van der Waals surface area contributed by atoms with E-state index in [0.717, 1.165) is 12.1 Å². The summed E-state index contributed by atoms with van der Waals surface area (Å²) in [6, 6.07) is 3.47. The van der Waals surface area contributed by atoms with Crippen molar-refractivity contribution in [2.45, 2.75) is 6.92 Å². The summed E-state index contributed by atoms with van der Waals surface area (Å²) in [6.07, 6.45) is 1.58. The Morgan fingerprint density at radius 2 is 2.22 bits per heavy atom. The maximum absolute atomic E-state index is 6.08. The Labute approximate surface area is 115 Å². The highest BCUT2D eigenvalue weighted by Gasteiger charge is 2.15. The monoisotopic (exact) mass is 285 g/mol. The third-order valence-electron chi connectivity index (χ3n) is 2.20. The summed E-state index contributed by atoms with van der Waals surface area (Å²) in [5.41, 5.74) is 3.42. The molecule has 1 aromatic carbocycles. The third kappa shape index (κ3) is 3.02. The van der Waals surface area contributed by atoms with Crippen molar-refractivity contribution < 1.29 is 9.47 Å². The maximum atomic E-state index is 6.08. The first-order valence-electron chi connectivity index (χ1n) is 5.36. The second-order valence-electron chi connectivity index (χ2n) is 3.46. The summed E-state index contributed by atoms with van der Waals surface area (Å²) in [4.78, 5) is 0. The zero-order chi connectivity index (χ0) is 13.0.